The van der Waals surface area contributed by atoms with Gasteiger partial charge in [-0.2, -0.15) is 0 Å². The second kappa shape index (κ2) is 4.43. The first-order valence-electron chi connectivity index (χ1n) is 6.87. The summed E-state index contributed by atoms with van der Waals surface area (Å²) in [5.41, 5.74) is 7.73. The lowest BCUT2D eigenvalue weighted by Gasteiger charge is -2.31. The molecule has 2 fully saturated rings. The van der Waals surface area contributed by atoms with E-state index in [1.165, 1.54) is 44.1 Å². The van der Waals surface area contributed by atoms with Gasteiger partial charge in [-0.3, -0.25) is 0 Å². The Hall–Kier alpha value is -0.860. The van der Waals surface area contributed by atoms with Gasteiger partial charge in [0.25, 0.3) is 0 Å². The third kappa shape index (κ3) is 2.38. The lowest BCUT2D eigenvalue weighted by molar-refractivity contribution is 0.307. The van der Waals surface area contributed by atoms with Gasteiger partial charge in [0.1, 0.15) is 0 Å². The molecule has 0 unspecified atom stereocenters. The maximum Gasteiger partial charge on any atom is 0.0438 e. The van der Waals surface area contributed by atoms with Gasteiger partial charge in [-0.15, -0.1) is 0 Å². The standard InChI is InChI=1S/C15H22N2/c16-13-6-8-14(9-7-13)17-15(10-11-15)12-4-2-1-3-5-12/h1-5,13-14,17H,6-11,16H2. The minimum absolute atomic E-state index is 0.299. The highest BCUT2D eigenvalue weighted by molar-refractivity contribution is 5.30. The second-order valence-corrected chi connectivity index (χ2v) is 5.70. The molecule has 2 nitrogen and oxygen atoms in total. The first-order valence-corrected chi connectivity index (χ1v) is 6.87. The topological polar surface area (TPSA) is 38.0 Å². The Morgan fingerprint density at radius 3 is 2.24 bits per heavy atom. The van der Waals surface area contributed by atoms with E-state index in [2.05, 4.69) is 35.6 Å². The highest BCUT2D eigenvalue weighted by Crippen LogP contribution is 2.46. The van der Waals surface area contributed by atoms with Gasteiger partial charge < -0.3 is 11.1 Å². The van der Waals surface area contributed by atoms with Gasteiger partial charge in [0, 0.05) is 17.6 Å². The van der Waals surface area contributed by atoms with Crippen molar-refractivity contribution >= 4 is 0 Å². The second-order valence-electron chi connectivity index (χ2n) is 5.70. The molecule has 2 aliphatic rings. The monoisotopic (exact) mass is 230 g/mol. The van der Waals surface area contributed by atoms with Crippen molar-refractivity contribution in [2.45, 2.75) is 56.1 Å². The van der Waals surface area contributed by atoms with Gasteiger partial charge in [-0.1, -0.05) is 30.3 Å². The van der Waals surface area contributed by atoms with E-state index in [0.717, 1.165) is 0 Å². The van der Waals surface area contributed by atoms with Crippen molar-refractivity contribution in [3.63, 3.8) is 0 Å². The molecule has 3 N–H and O–H groups in total. The van der Waals surface area contributed by atoms with Crippen molar-refractivity contribution in [2.24, 2.45) is 5.73 Å². The third-order valence-electron chi connectivity index (χ3n) is 4.33. The van der Waals surface area contributed by atoms with Gasteiger partial charge in [0.15, 0.2) is 0 Å². The fourth-order valence-electron chi connectivity index (χ4n) is 3.05. The largest absolute Gasteiger partial charge is 0.328 e. The molecule has 1 aromatic rings. The maximum absolute atomic E-state index is 5.96. The first kappa shape index (κ1) is 11.2. The molecule has 0 aromatic heterocycles. The number of nitrogens with two attached hydrogens (primary N) is 1. The lowest BCUT2D eigenvalue weighted by Crippen LogP contribution is -2.42. The predicted octanol–water partition coefficient (Wildman–Crippen LogP) is 2.54. The normalized spacial score (nSPS) is 31.1. The summed E-state index contributed by atoms with van der Waals surface area (Å²) in [4.78, 5) is 0. The van der Waals surface area contributed by atoms with Gasteiger partial charge in [-0.25, -0.2) is 0 Å². The predicted molar refractivity (Wildman–Crippen MR) is 70.7 cm³/mol. The fraction of sp³-hybridized carbons (Fsp3) is 0.600. The molecule has 2 heteroatoms. The smallest absolute Gasteiger partial charge is 0.0438 e. The molecule has 2 aliphatic carbocycles. The van der Waals surface area contributed by atoms with Crippen molar-refractivity contribution in [2.75, 3.05) is 0 Å². The van der Waals surface area contributed by atoms with Crippen LogP contribution in [0.4, 0.5) is 0 Å². The molecule has 0 radical (unpaired) electrons. The highest BCUT2D eigenvalue weighted by atomic mass is 15.1. The Kier molecular flexibility index (Phi) is 2.93. The van der Waals surface area contributed by atoms with Crippen LogP contribution in [0.2, 0.25) is 0 Å². The van der Waals surface area contributed by atoms with Gasteiger partial charge in [0.05, 0.1) is 0 Å². The van der Waals surface area contributed by atoms with Crippen molar-refractivity contribution in [1.82, 2.24) is 5.32 Å². The molecule has 0 bridgehead atoms. The quantitative estimate of drug-likeness (QED) is 0.837. The van der Waals surface area contributed by atoms with Gasteiger partial charge >= 0.3 is 0 Å². The first-order chi connectivity index (χ1) is 8.28. The number of hydrogen-bond donors (Lipinski definition) is 2. The van der Waals surface area contributed by atoms with Crippen LogP contribution in [-0.4, -0.2) is 12.1 Å². The fourth-order valence-corrected chi connectivity index (χ4v) is 3.05. The summed E-state index contributed by atoms with van der Waals surface area (Å²) < 4.78 is 0. The molecule has 92 valence electrons. The molecule has 0 atom stereocenters. The van der Waals surface area contributed by atoms with Crippen LogP contribution in [0.1, 0.15) is 44.1 Å². The van der Waals surface area contributed by atoms with Crippen LogP contribution in [-0.2, 0) is 5.54 Å². The lowest BCUT2D eigenvalue weighted by atomic mass is 9.90. The van der Waals surface area contributed by atoms with Crippen LogP contribution in [0, 0.1) is 0 Å². The summed E-state index contributed by atoms with van der Waals surface area (Å²) in [6.45, 7) is 0. The minimum atomic E-state index is 0.299. The minimum Gasteiger partial charge on any atom is -0.328 e. The average Bonchev–Trinajstić information content (AvgIpc) is 3.15. The Labute approximate surface area is 104 Å². The average molecular weight is 230 g/mol. The molecule has 1 aromatic carbocycles. The summed E-state index contributed by atoms with van der Waals surface area (Å²) in [6.07, 6.45) is 7.44. The third-order valence-corrected chi connectivity index (χ3v) is 4.33. The van der Waals surface area contributed by atoms with Crippen molar-refractivity contribution in [3.8, 4) is 0 Å². The van der Waals surface area contributed by atoms with Crippen LogP contribution in [0.15, 0.2) is 30.3 Å². The number of nitrogens with one attached hydrogen (secondary N) is 1. The molecule has 0 spiro atoms. The summed E-state index contributed by atoms with van der Waals surface area (Å²) in [6, 6.07) is 12.0. The molecule has 3 rings (SSSR count). The van der Waals surface area contributed by atoms with E-state index in [4.69, 9.17) is 5.73 Å². The van der Waals surface area contributed by atoms with Crippen molar-refractivity contribution in [1.29, 1.82) is 0 Å². The van der Waals surface area contributed by atoms with E-state index < -0.39 is 0 Å². The summed E-state index contributed by atoms with van der Waals surface area (Å²) in [7, 11) is 0. The molecule has 17 heavy (non-hydrogen) atoms. The van der Waals surface area contributed by atoms with Crippen LogP contribution in [0.3, 0.4) is 0 Å². The van der Waals surface area contributed by atoms with E-state index in [9.17, 15) is 0 Å². The van der Waals surface area contributed by atoms with E-state index in [-0.39, 0.29) is 0 Å². The number of benzene rings is 1. The van der Waals surface area contributed by atoms with Crippen molar-refractivity contribution in [3.05, 3.63) is 35.9 Å². The molecule has 0 saturated heterocycles. The summed E-state index contributed by atoms with van der Waals surface area (Å²) >= 11 is 0. The van der Waals surface area contributed by atoms with Crippen LogP contribution < -0.4 is 11.1 Å². The zero-order valence-corrected chi connectivity index (χ0v) is 10.4. The number of rotatable bonds is 3. The van der Waals surface area contributed by atoms with E-state index in [1.54, 1.807) is 0 Å². The Bertz CT molecular complexity index is 362. The molecule has 2 saturated carbocycles. The zero-order valence-electron chi connectivity index (χ0n) is 10.4. The Morgan fingerprint density at radius 2 is 1.65 bits per heavy atom. The molecular formula is C15H22N2. The summed E-state index contributed by atoms with van der Waals surface area (Å²) in [5.74, 6) is 0. The van der Waals surface area contributed by atoms with E-state index >= 15 is 0 Å². The molecule has 0 aliphatic heterocycles. The van der Waals surface area contributed by atoms with E-state index in [0.29, 0.717) is 17.6 Å². The Balaban J connectivity index is 1.65. The Morgan fingerprint density at radius 1 is 1.00 bits per heavy atom. The highest BCUT2D eigenvalue weighted by Gasteiger charge is 2.45. The van der Waals surface area contributed by atoms with Crippen LogP contribution in [0.25, 0.3) is 0 Å². The molecule has 0 amide bonds. The van der Waals surface area contributed by atoms with Gasteiger partial charge in [-0.05, 0) is 44.1 Å². The maximum atomic E-state index is 5.96. The van der Waals surface area contributed by atoms with Crippen LogP contribution in [0.5, 0.6) is 0 Å². The van der Waals surface area contributed by atoms with Crippen LogP contribution >= 0.6 is 0 Å². The molecular weight excluding hydrogens is 208 g/mol. The molecule has 0 heterocycles. The van der Waals surface area contributed by atoms with Crippen molar-refractivity contribution < 1.29 is 0 Å². The van der Waals surface area contributed by atoms with Gasteiger partial charge in [0.2, 0.25) is 0 Å². The zero-order chi connectivity index (χ0) is 11.7. The number of hydrogen-bond acceptors (Lipinski definition) is 2. The SMILES string of the molecule is NC1CCC(NC2(c3ccccc3)CC2)CC1. The summed E-state index contributed by atoms with van der Waals surface area (Å²) in [5, 5.41) is 3.89. The van der Waals surface area contributed by atoms with E-state index in [1.807, 2.05) is 0 Å².